The van der Waals surface area contributed by atoms with Crippen LogP contribution in [0.2, 0.25) is 0 Å². The number of nitrogens with zero attached hydrogens (tertiary/aromatic N) is 6. The van der Waals surface area contributed by atoms with Crippen molar-refractivity contribution in [1.82, 2.24) is 24.9 Å². The molecule has 1 spiro atoms. The van der Waals surface area contributed by atoms with Gasteiger partial charge >= 0.3 is 0 Å². The lowest BCUT2D eigenvalue weighted by Gasteiger charge is -2.41. The number of methoxy groups -OCH3 is 1. The number of carbonyl (C=O) groups excluding carboxylic acids is 2. The minimum Gasteiger partial charge on any atom is -0.495 e. The number of nitrogens with one attached hydrogen (secondary N) is 2. The van der Waals surface area contributed by atoms with Crippen LogP contribution in [0.3, 0.4) is 0 Å². The zero-order chi connectivity index (χ0) is 31.1. The lowest BCUT2D eigenvalue weighted by atomic mass is 9.89. The van der Waals surface area contributed by atoms with Crippen LogP contribution in [0.15, 0.2) is 28.2 Å². The van der Waals surface area contributed by atoms with Crippen molar-refractivity contribution in [1.29, 1.82) is 0 Å². The van der Waals surface area contributed by atoms with Crippen molar-refractivity contribution in [3.05, 3.63) is 23.8 Å². The summed E-state index contributed by atoms with van der Waals surface area (Å²) in [5.41, 5.74) is 1.04. The van der Waals surface area contributed by atoms with Gasteiger partial charge in [-0.15, -0.1) is 0 Å². The summed E-state index contributed by atoms with van der Waals surface area (Å²) in [6, 6.07) is 6.60. The molecule has 7 rings (SSSR count). The Labute approximate surface area is 267 Å². The molecule has 5 fully saturated rings. The van der Waals surface area contributed by atoms with E-state index in [2.05, 4.69) is 37.4 Å². The number of hydrogen-bond acceptors (Lipinski definition) is 9. The van der Waals surface area contributed by atoms with Crippen LogP contribution in [-0.2, 0) is 4.79 Å². The first-order chi connectivity index (χ1) is 21.8. The van der Waals surface area contributed by atoms with Gasteiger partial charge in [-0.1, -0.05) is 12.8 Å². The third-order valence-corrected chi connectivity index (χ3v) is 11.4. The molecule has 2 saturated heterocycles. The average Bonchev–Trinajstić information content (AvgIpc) is 3.67. The van der Waals surface area contributed by atoms with E-state index in [4.69, 9.17) is 9.73 Å². The maximum absolute atomic E-state index is 13.4. The summed E-state index contributed by atoms with van der Waals surface area (Å²) in [5, 5.41) is 6.65. The normalized spacial score (nSPS) is 31.0. The predicted octanol–water partition coefficient (Wildman–Crippen LogP) is 3.03. The van der Waals surface area contributed by atoms with E-state index >= 15 is 0 Å². The van der Waals surface area contributed by atoms with Gasteiger partial charge in [-0.2, -0.15) is 0 Å². The van der Waals surface area contributed by atoms with Crippen LogP contribution < -0.4 is 15.4 Å². The summed E-state index contributed by atoms with van der Waals surface area (Å²) < 4.78 is 5.73. The molecule has 3 saturated carbocycles. The molecule has 3 heterocycles. The first kappa shape index (κ1) is 30.6. The van der Waals surface area contributed by atoms with Crippen molar-refractivity contribution in [3.63, 3.8) is 0 Å². The zero-order valence-corrected chi connectivity index (χ0v) is 27.2. The molecule has 3 aliphatic heterocycles. The molecule has 0 aromatic heterocycles. The van der Waals surface area contributed by atoms with Crippen molar-refractivity contribution in [2.24, 2.45) is 15.4 Å². The van der Waals surface area contributed by atoms with Crippen LogP contribution in [-0.4, -0.2) is 128 Å². The van der Waals surface area contributed by atoms with E-state index in [1.54, 1.807) is 13.2 Å². The molecular formula is C34H50N8O3. The van der Waals surface area contributed by atoms with Crippen molar-refractivity contribution in [3.8, 4) is 5.75 Å². The molecule has 2 unspecified atom stereocenters. The number of piperazine rings is 1. The van der Waals surface area contributed by atoms with Gasteiger partial charge in [-0.25, -0.2) is 9.98 Å². The Morgan fingerprint density at radius 2 is 1.71 bits per heavy atom. The average molecular weight is 619 g/mol. The van der Waals surface area contributed by atoms with Gasteiger partial charge < -0.3 is 25.2 Å². The fourth-order valence-corrected chi connectivity index (χ4v) is 8.32. The van der Waals surface area contributed by atoms with E-state index in [1.165, 1.54) is 12.8 Å². The highest BCUT2D eigenvalue weighted by atomic mass is 16.5. The zero-order valence-electron chi connectivity index (χ0n) is 27.2. The number of fused-ring (bicyclic) bond motifs is 1. The maximum Gasteiger partial charge on any atom is 0.251 e. The fourth-order valence-electron chi connectivity index (χ4n) is 8.32. The molecule has 1 aromatic rings. The quantitative estimate of drug-likeness (QED) is 0.505. The molecule has 1 aromatic carbocycles. The molecule has 0 bridgehead atoms. The smallest absolute Gasteiger partial charge is 0.251 e. The van der Waals surface area contributed by atoms with E-state index in [0.29, 0.717) is 35.0 Å². The number of anilines is 1. The number of guanidine groups is 1. The van der Waals surface area contributed by atoms with Gasteiger partial charge in [0.15, 0.2) is 0 Å². The summed E-state index contributed by atoms with van der Waals surface area (Å²) in [4.78, 5) is 45.9. The van der Waals surface area contributed by atoms with Crippen LogP contribution in [0, 0.1) is 5.41 Å². The molecule has 244 valence electrons. The predicted molar refractivity (Wildman–Crippen MR) is 176 cm³/mol. The van der Waals surface area contributed by atoms with Crippen molar-refractivity contribution in [2.45, 2.75) is 94.5 Å². The summed E-state index contributed by atoms with van der Waals surface area (Å²) in [6.07, 6.45) is 12.7. The number of rotatable bonds is 6. The lowest BCUT2D eigenvalue weighted by molar-refractivity contribution is -0.135. The summed E-state index contributed by atoms with van der Waals surface area (Å²) in [7, 11) is 5.72. The molecule has 6 aliphatic rings. The van der Waals surface area contributed by atoms with Crippen LogP contribution in [0.5, 0.6) is 5.75 Å². The van der Waals surface area contributed by atoms with E-state index < -0.39 is 0 Å². The molecule has 2 atom stereocenters. The van der Waals surface area contributed by atoms with Gasteiger partial charge in [0, 0.05) is 69.7 Å². The minimum absolute atomic E-state index is 0.0638. The van der Waals surface area contributed by atoms with Gasteiger partial charge in [-0.05, 0) is 76.6 Å². The highest BCUT2D eigenvalue weighted by Gasteiger charge is 2.58. The van der Waals surface area contributed by atoms with E-state index in [0.717, 1.165) is 84.1 Å². The third-order valence-electron chi connectivity index (χ3n) is 11.4. The number of aliphatic imine (C=N–C) groups is 2. The van der Waals surface area contributed by atoms with E-state index in [9.17, 15) is 9.59 Å². The topological polar surface area (TPSA) is 105 Å². The van der Waals surface area contributed by atoms with Gasteiger partial charge in [-0.3, -0.25) is 19.4 Å². The highest BCUT2D eigenvalue weighted by Crippen LogP contribution is 2.51. The van der Waals surface area contributed by atoms with Gasteiger partial charge in [0.1, 0.15) is 18.0 Å². The standard InChI is InChI=1S/C34H50N8O3/c1-39-16-18-41(19-17-39)25-11-9-24(10-12-25)36-31(43)23-8-13-27(29(20-23)45-3)37-33-35-21-28-30(38-33)42(26-6-4-5-7-26)22-34(14-15-34)32(44)40(28)2/h8,13,20-21,24-26,28,30H,4-7,9-12,14-19,22H2,1-3H3,(H,36,43)(H,37,38). The van der Waals surface area contributed by atoms with Crippen molar-refractivity contribution < 1.29 is 14.3 Å². The molecule has 3 aliphatic carbocycles. The summed E-state index contributed by atoms with van der Waals surface area (Å²) in [6.45, 7) is 5.35. The second-order valence-corrected chi connectivity index (χ2v) is 14.3. The number of hydrogen-bond donors (Lipinski definition) is 2. The lowest BCUT2D eigenvalue weighted by Crippen LogP contribution is -2.53. The van der Waals surface area contributed by atoms with Crippen LogP contribution in [0.4, 0.5) is 5.69 Å². The monoisotopic (exact) mass is 618 g/mol. The molecule has 11 nitrogen and oxygen atoms in total. The fraction of sp³-hybridized carbons (Fsp3) is 0.706. The largest absolute Gasteiger partial charge is 0.495 e. The molecular weight excluding hydrogens is 568 g/mol. The first-order valence-electron chi connectivity index (χ1n) is 17.2. The second-order valence-electron chi connectivity index (χ2n) is 14.3. The van der Waals surface area contributed by atoms with Crippen LogP contribution in [0.1, 0.15) is 74.6 Å². The molecule has 2 amide bonds. The molecule has 45 heavy (non-hydrogen) atoms. The Bertz CT molecular complexity index is 1320. The Kier molecular flexibility index (Phi) is 8.60. The first-order valence-corrected chi connectivity index (χ1v) is 17.2. The van der Waals surface area contributed by atoms with Gasteiger partial charge in [0.05, 0.1) is 18.2 Å². The summed E-state index contributed by atoms with van der Waals surface area (Å²) >= 11 is 0. The van der Waals surface area contributed by atoms with E-state index in [1.807, 2.05) is 30.3 Å². The second kappa shape index (κ2) is 12.6. The van der Waals surface area contributed by atoms with E-state index in [-0.39, 0.29) is 35.5 Å². The Balaban J connectivity index is 1.01. The Morgan fingerprint density at radius 3 is 2.40 bits per heavy atom. The van der Waals surface area contributed by atoms with Crippen molar-refractivity contribution in [2.75, 3.05) is 59.2 Å². The van der Waals surface area contributed by atoms with Crippen molar-refractivity contribution >= 4 is 29.7 Å². The third kappa shape index (κ3) is 6.23. The van der Waals surface area contributed by atoms with Gasteiger partial charge in [0.25, 0.3) is 5.91 Å². The molecule has 11 heteroatoms. The Hall–Kier alpha value is -3.02. The number of likely N-dealkylation sites (N-methyl/N-ethyl adjacent to an activating group) is 2. The number of carbonyl (C=O) groups is 2. The summed E-state index contributed by atoms with van der Waals surface area (Å²) in [5.74, 6) is 1.24. The SMILES string of the molecule is COc1cc(C(=O)NC2CCC(N3CCN(C)CC3)CC2)ccc1NC1=NC2C(C=N1)N(C)C(=O)C1(CC1)CN2C1CCCC1. The van der Waals surface area contributed by atoms with Crippen LogP contribution >= 0.6 is 0 Å². The highest BCUT2D eigenvalue weighted by molar-refractivity contribution is 6.03. The molecule has 2 N–H and O–H groups in total. The minimum atomic E-state index is -0.255. The molecule has 0 radical (unpaired) electrons. The maximum atomic E-state index is 13.4. The number of ether oxygens (including phenoxy) is 1. The van der Waals surface area contributed by atoms with Crippen LogP contribution in [0.25, 0.3) is 0 Å². The number of amides is 2. The number of benzene rings is 1. The van der Waals surface area contributed by atoms with Gasteiger partial charge in [0.2, 0.25) is 11.9 Å². The Morgan fingerprint density at radius 1 is 0.978 bits per heavy atom.